The number of carbonyl (C=O) groups is 1. The van der Waals surface area contributed by atoms with Crippen molar-refractivity contribution in [3.63, 3.8) is 0 Å². The third-order valence-corrected chi connectivity index (χ3v) is 3.68. The predicted octanol–water partition coefficient (Wildman–Crippen LogP) is 2.62. The van der Waals surface area contributed by atoms with Gasteiger partial charge in [-0.2, -0.15) is 0 Å². The maximum absolute atomic E-state index is 11.7. The number of nitrogens with two attached hydrogens (primary N) is 1. The van der Waals surface area contributed by atoms with Crippen LogP contribution in [0.5, 0.6) is 0 Å². The number of rotatable bonds is 3. The van der Waals surface area contributed by atoms with Crippen molar-refractivity contribution in [1.82, 2.24) is 0 Å². The van der Waals surface area contributed by atoms with Gasteiger partial charge in [-0.15, -0.1) is 0 Å². The van der Waals surface area contributed by atoms with Crippen LogP contribution in [0.1, 0.15) is 12.5 Å². The van der Waals surface area contributed by atoms with Crippen molar-refractivity contribution in [1.29, 1.82) is 0 Å². The molecular formula is C11H13BrN2OS. The third-order valence-electron chi connectivity index (χ3n) is 2.27. The topological polar surface area (TPSA) is 55.1 Å². The maximum atomic E-state index is 11.7. The van der Waals surface area contributed by atoms with E-state index >= 15 is 0 Å². The standard InChI is InChI=1S/C11H13BrN2OS/c1-6-4-3-5-8(9(6)12)14-11(15)7(2)10(13)16/h3-5,7H,1-2H3,(H2,13,16)(H,14,15). The molecule has 0 fully saturated rings. The zero-order chi connectivity index (χ0) is 12.3. The van der Waals surface area contributed by atoms with Gasteiger partial charge in [-0.05, 0) is 41.4 Å². The fourth-order valence-corrected chi connectivity index (χ4v) is 1.58. The lowest BCUT2D eigenvalue weighted by molar-refractivity contribution is -0.117. The molecule has 1 amide bonds. The molecule has 0 radical (unpaired) electrons. The van der Waals surface area contributed by atoms with Gasteiger partial charge < -0.3 is 11.1 Å². The first kappa shape index (κ1) is 13.1. The van der Waals surface area contributed by atoms with Crippen molar-refractivity contribution >= 4 is 44.7 Å². The normalized spacial score (nSPS) is 11.9. The number of halogens is 1. The molecule has 1 unspecified atom stereocenters. The van der Waals surface area contributed by atoms with Crippen LogP contribution in [0.15, 0.2) is 22.7 Å². The van der Waals surface area contributed by atoms with E-state index in [0.717, 1.165) is 15.7 Å². The highest BCUT2D eigenvalue weighted by Crippen LogP contribution is 2.26. The monoisotopic (exact) mass is 300 g/mol. The van der Waals surface area contributed by atoms with Gasteiger partial charge in [-0.25, -0.2) is 0 Å². The molecule has 0 aliphatic heterocycles. The fourth-order valence-electron chi connectivity index (χ4n) is 1.11. The van der Waals surface area contributed by atoms with Gasteiger partial charge >= 0.3 is 0 Å². The molecule has 86 valence electrons. The highest BCUT2D eigenvalue weighted by atomic mass is 79.9. The molecule has 0 heterocycles. The summed E-state index contributed by atoms with van der Waals surface area (Å²) in [4.78, 5) is 11.9. The molecule has 0 saturated carbocycles. The van der Waals surface area contributed by atoms with Gasteiger partial charge in [0.05, 0.1) is 16.6 Å². The third kappa shape index (κ3) is 3.02. The molecule has 16 heavy (non-hydrogen) atoms. The number of aryl methyl sites for hydroxylation is 1. The largest absolute Gasteiger partial charge is 0.393 e. The molecule has 0 saturated heterocycles. The lowest BCUT2D eigenvalue weighted by Crippen LogP contribution is -2.30. The van der Waals surface area contributed by atoms with Gasteiger partial charge in [-0.1, -0.05) is 24.4 Å². The molecule has 3 N–H and O–H groups in total. The summed E-state index contributed by atoms with van der Waals surface area (Å²) in [5.41, 5.74) is 7.20. The number of benzene rings is 1. The molecule has 3 nitrogen and oxygen atoms in total. The summed E-state index contributed by atoms with van der Waals surface area (Å²) < 4.78 is 0.874. The van der Waals surface area contributed by atoms with E-state index in [9.17, 15) is 4.79 Å². The second-order valence-electron chi connectivity index (χ2n) is 3.55. The summed E-state index contributed by atoms with van der Waals surface area (Å²) in [6.45, 7) is 3.64. The first-order chi connectivity index (χ1) is 7.43. The van der Waals surface area contributed by atoms with Crippen LogP contribution in [0.4, 0.5) is 5.69 Å². The summed E-state index contributed by atoms with van der Waals surface area (Å²) in [5, 5.41) is 2.78. The average molecular weight is 301 g/mol. The Morgan fingerprint density at radius 1 is 1.56 bits per heavy atom. The maximum Gasteiger partial charge on any atom is 0.234 e. The highest BCUT2D eigenvalue weighted by molar-refractivity contribution is 9.10. The van der Waals surface area contributed by atoms with E-state index in [-0.39, 0.29) is 10.9 Å². The van der Waals surface area contributed by atoms with Gasteiger partial charge in [0.2, 0.25) is 5.91 Å². The van der Waals surface area contributed by atoms with Crippen LogP contribution in [-0.4, -0.2) is 10.9 Å². The lowest BCUT2D eigenvalue weighted by atomic mass is 10.1. The minimum atomic E-state index is -0.470. The number of nitrogens with one attached hydrogen (secondary N) is 1. The Balaban J connectivity index is 2.85. The Morgan fingerprint density at radius 3 is 2.75 bits per heavy atom. The van der Waals surface area contributed by atoms with Crippen molar-refractivity contribution in [2.45, 2.75) is 13.8 Å². The molecule has 1 aromatic rings. The van der Waals surface area contributed by atoms with Crippen molar-refractivity contribution in [2.75, 3.05) is 5.32 Å². The van der Waals surface area contributed by atoms with E-state index in [4.69, 9.17) is 18.0 Å². The Labute approximate surface area is 109 Å². The first-order valence-corrected chi connectivity index (χ1v) is 5.99. The minimum Gasteiger partial charge on any atom is -0.393 e. The molecular weight excluding hydrogens is 288 g/mol. The van der Waals surface area contributed by atoms with Gasteiger partial charge in [0, 0.05) is 4.47 Å². The van der Waals surface area contributed by atoms with Crippen molar-refractivity contribution < 1.29 is 4.79 Å². The van der Waals surface area contributed by atoms with Crippen LogP contribution in [-0.2, 0) is 4.79 Å². The van der Waals surface area contributed by atoms with Crippen LogP contribution < -0.4 is 11.1 Å². The fraction of sp³-hybridized carbons (Fsp3) is 0.273. The van der Waals surface area contributed by atoms with E-state index in [2.05, 4.69) is 21.2 Å². The van der Waals surface area contributed by atoms with Gasteiger partial charge in [0.25, 0.3) is 0 Å². The zero-order valence-electron chi connectivity index (χ0n) is 9.08. The van der Waals surface area contributed by atoms with Crippen molar-refractivity contribution in [3.05, 3.63) is 28.2 Å². The van der Waals surface area contributed by atoms with Crippen LogP contribution in [0.2, 0.25) is 0 Å². The summed E-state index contributed by atoms with van der Waals surface area (Å²) in [6.07, 6.45) is 0. The molecule has 0 bridgehead atoms. The summed E-state index contributed by atoms with van der Waals surface area (Å²) in [7, 11) is 0. The van der Waals surface area contributed by atoms with Crippen LogP contribution in [0, 0.1) is 12.8 Å². The number of carbonyl (C=O) groups excluding carboxylic acids is 1. The average Bonchev–Trinajstić information content (AvgIpc) is 2.23. The Bertz CT molecular complexity index is 434. The Kier molecular flexibility index (Phi) is 4.44. The predicted molar refractivity (Wildman–Crippen MR) is 73.5 cm³/mol. The zero-order valence-corrected chi connectivity index (χ0v) is 11.5. The van der Waals surface area contributed by atoms with Crippen LogP contribution in [0.25, 0.3) is 0 Å². The van der Waals surface area contributed by atoms with Gasteiger partial charge in [-0.3, -0.25) is 4.79 Å². The van der Waals surface area contributed by atoms with Crippen LogP contribution in [0.3, 0.4) is 0 Å². The van der Waals surface area contributed by atoms with E-state index in [1.165, 1.54) is 0 Å². The van der Waals surface area contributed by atoms with Crippen LogP contribution >= 0.6 is 28.1 Å². The SMILES string of the molecule is Cc1cccc(NC(=O)C(C)C(N)=S)c1Br. The molecule has 1 rings (SSSR count). The second-order valence-corrected chi connectivity index (χ2v) is 4.81. The molecule has 0 aromatic heterocycles. The molecule has 0 aliphatic carbocycles. The number of thiocarbonyl (C=S) groups is 1. The number of amides is 1. The first-order valence-electron chi connectivity index (χ1n) is 4.78. The number of hydrogen-bond donors (Lipinski definition) is 2. The Morgan fingerprint density at radius 2 is 2.19 bits per heavy atom. The van der Waals surface area contributed by atoms with Gasteiger partial charge in [0.1, 0.15) is 0 Å². The van der Waals surface area contributed by atoms with Crippen molar-refractivity contribution in [2.24, 2.45) is 11.7 Å². The number of hydrogen-bond acceptors (Lipinski definition) is 2. The molecule has 0 aliphatic rings. The van der Waals surface area contributed by atoms with E-state index < -0.39 is 5.92 Å². The Hall–Kier alpha value is -0.940. The van der Waals surface area contributed by atoms with Crippen molar-refractivity contribution in [3.8, 4) is 0 Å². The summed E-state index contributed by atoms with van der Waals surface area (Å²) in [5.74, 6) is -0.666. The smallest absolute Gasteiger partial charge is 0.234 e. The lowest BCUT2D eigenvalue weighted by Gasteiger charge is -2.12. The minimum absolute atomic E-state index is 0.196. The second kappa shape index (κ2) is 5.41. The van der Waals surface area contributed by atoms with E-state index in [0.29, 0.717) is 0 Å². The highest BCUT2D eigenvalue weighted by Gasteiger charge is 2.16. The molecule has 0 spiro atoms. The summed E-state index contributed by atoms with van der Waals surface area (Å²) >= 11 is 8.19. The molecule has 1 atom stereocenters. The van der Waals surface area contributed by atoms with Gasteiger partial charge in [0.15, 0.2) is 0 Å². The van der Waals surface area contributed by atoms with E-state index in [1.54, 1.807) is 6.92 Å². The van der Waals surface area contributed by atoms with E-state index in [1.807, 2.05) is 25.1 Å². The molecule has 5 heteroatoms. The quantitative estimate of drug-likeness (QED) is 0.844. The number of anilines is 1. The molecule has 1 aromatic carbocycles. The summed E-state index contributed by atoms with van der Waals surface area (Å²) in [6, 6.07) is 5.65.